The highest BCUT2D eigenvalue weighted by Gasteiger charge is 2.28. The third-order valence-electron chi connectivity index (χ3n) is 2.77. The summed E-state index contributed by atoms with van der Waals surface area (Å²) < 4.78 is 5.01. The Balaban J connectivity index is 2.01. The normalized spacial score (nSPS) is 21.5. The summed E-state index contributed by atoms with van der Waals surface area (Å²) in [5.41, 5.74) is 0. The van der Waals surface area contributed by atoms with E-state index >= 15 is 0 Å². The number of aromatic nitrogens is 2. The van der Waals surface area contributed by atoms with Gasteiger partial charge in [0.1, 0.15) is 6.54 Å². The smallest absolute Gasteiger partial charge is 0.246 e. The van der Waals surface area contributed by atoms with Crippen LogP contribution in [0.5, 0.6) is 0 Å². The maximum absolute atomic E-state index is 11.9. The van der Waals surface area contributed by atoms with Crippen molar-refractivity contribution in [3.63, 3.8) is 0 Å². The predicted molar refractivity (Wildman–Crippen MR) is 56.5 cm³/mol. The monoisotopic (exact) mass is 224 g/mol. The lowest BCUT2D eigenvalue weighted by atomic mass is 10.1. The summed E-state index contributed by atoms with van der Waals surface area (Å²) >= 11 is 0. The fraction of sp³-hybridized carbons (Fsp3) is 0.700. The molecule has 1 saturated heterocycles. The quantitative estimate of drug-likeness (QED) is 0.787. The lowest BCUT2D eigenvalue weighted by molar-refractivity contribution is -0.136. The highest BCUT2D eigenvalue weighted by Crippen LogP contribution is 2.14. The average Bonchev–Trinajstić information content (AvgIpc) is 2.67. The second-order valence-corrected chi connectivity index (χ2v) is 3.98. The Bertz CT molecular complexity index is 377. The van der Waals surface area contributed by atoms with Crippen molar-refractivity contribution in [3.05, 3.63) is 11.7 Å². The molecule has 1 atom stereocenters. The molecule has 2 heterocycles. The second kappa shape index (κ2) is 4.61. The van der Waals surface area contributed by atoms with Crippen molar-refractivity contribution in [3.8, 4) is 0 Å². The average molecular weight is 224 g/mol. The molecule has 1 aliphatic heterocycles. The van der Waals surface area contributed by atoms with Crippen molar-refractivity contribution in [2.45, 2.75) is 32.4 Å². The molecular formula is C10H16N4O2. The van der Waals surface area contributed by atoms with Gasteiger partial charge in [-0.3, -0.25) is 4.79 Å². The van der Waals surface area contributed by atoms with Crippen molar-refractivity contribution in [1.82, 2.24) is 20.4 Å². The van der Waals surface area contributed by atoms with Gasteiger partial charge in [0.2, 0.25) is 11.8 Å². The van der Waals surface area contributed by atoms with Crippen LogP contribution in [0.15, 0.2) is 4.52 Å². The van der Waals surface area contributed by atoms with Gasteiger partial charge in [-0.2, -0.15) is 4.98 Å². The highest BCUT2D eigenvalue weighted by molar-refractivity contribution is 5.82. The van der Waals surface area contributed by atoms with Crippen LogP contribution in [0.1, 0.15) is 24.6 Å². The number of nitrogens with one attached hydrogen (secondary N) is 1. The Morgan fingerprint density at radius 3 is 3.06 bits per heavy atom. The molecule has 1 amide bonds. The van der Waals surface area contributed by atoms with E-state index in [0.717, 1.165) is 19.4 Å². The minimum absolute atomic E-state index is 0.0715. The standard InChI is InChI=1S/C10H16N4O2/c1-7-12-9(16-13-7)6-14-5-3-4-8(11-2)10(14)15/h8,11H,3-6H2,1-2H3. The zero-order chi connectivity index (χ0) is 11.5. The maximum atomic E-state index is 11.9. The maximum Gasteiger partial charge on any atom is 0.246 e. The molecule has 1 aromatic rings. The molecule has 6 heteroatoms. The molecule has 6 nitrogen and oxygen atoms in total. The number of amides is 1. The molecular weight excluding hydrogens is 208 g/mol. The Morgan fingerprint density at radius 1 is 1.62 bits per heavy atom. The first kappa shape index (κ1) is 11.1. The fourth-order valence-corrected chi connectivity index (χ4v) is 1.93. The number of likely N-dealkylation sites (N-methyl/N-ethyl adjacent to an activating group) is 1. The van der Waals surface area contributed by atoms with Crippen LogP contribution in [0.2, 0.25) is 0 Å². The van der Waals surface area contributed by atoms with Crippen LogP contribution in [-0.4, -0.2) is 40.6 Å². The van der Waals surface area contributed by atoms with Crippen LogP contribution in [0.4, 0.5) is 0 Å². The van der Waals surface area contributed by atoms with E-state index in [-0.39, 0.29) is 11.9 Å². The number of nitrogens with zero attached hydrogens (tertiary/aromatic N) is 3. The van der Waals surface area contributed by atoms with E-state index in [1.165, 1.54) is 0 Å². The third-order valence-corrected chi connectivity index (χ3v) is 2.77. The molecule has 0 bridgehead atoms. The molecule has 0 saturated carbocycles. The molecule has 1 unspecified atom stereocenters. The van der Waals surface area contributed by atoms with Crippen LogP contribution >= 0.6 is 0 Å². The van der Waals surface area contributed by atoms with E-state index in [9.17, 15) is 4.79 Å². The number of piperidine rings is 1. The van der Waals surface area contributed by atoms with Crippen LogP contribution in [0.25, 0.3) is 0 Å². The van der Waals surface area contributed by atoms with Crippen molar-refractivity contribution in [1.29, 1.82) is 0 Å². The van der Waals surface area contributed by atoms with Gasteiger partial charge in [-0.15, -0.1) is 0 Å². The summed E-state index contributed by atoms with van der Waals surface area (Å²) in [6, 6.07) is -0.0715. The number of aryl methyl sites for hydroxylation is 1. The van der Waals surface area contributed by atoms with Gasteiger partial charge in [-0.25, -0.2) is 0 Å². The van der Waals surface area contributed by atoms with Crippen LogP contribution in [0, 0.1) is 6.92 Å². The molecule has 2 rings (SSSR count). The van der Waals surface area contributed by atoms with Gasteiger partial charge < -0.3 is 14.7 Å². The lowest BCUT2D eigenvalue weighted by Gasteiger charge is -2.30. The number of hydrogen-bond acceptors (Lipinski definition) is 5. The van der Waals surface area contributed by atoms with E-state index in [4.69, 9.17) is 4.52 Å². The van der Waals surface area contributed by atoms with E-state index in [2.05, 4.69) is 15.5 Å². The van der Waals surface area contributed by atoms with Crippen LogP contribution < -0.4 is 5.32 Å². The number of carbonyl (C=O) groups excluding carboxylic acids is 1. The van der Waals surface area contributed by atoms with Gasteiger partial charge in [0.05, 0.1) is 6.04 Å². The molecule has 0 radical (unpaired) electrons. The number of carbonyl (C=O) groups is 1. The van der Waals surface area contributed by atoms with Gasteiger partial charge in [-0.05, 0) is 26.8 Å². The minimum atomic E-state index is -0.0715. The van der Waals surface area contributed by atoms with Crippen molar-refractivity contribution >= 4 is 5.91 Å². The van der Waals surface area contributed by atoms with Gasteiger partial charge >= 0.3 is 0 Å². The van der Waals surface area contributed by atoms with Gasteiger partial charge in [0, 0.05) is 6.54 Å². The largest absolute Gasteiger partial charge is 0.337 e. The summed E-state index contributed by atoms with van der Waals surface area (Å²) in [4.78, 5) is 17.8. The first-order valence-corrected chi connectivity index (χ1v) is 5.46. The molecule has 1 aromatic heterocycles. The Labute approximate surface area is 94.0 Å². The van der Waals surface area contributed by atoms with Gasteiger partial charge in [0.15, 0.2) is 5.82 Å². The van der Waals surface area contributed by atoms with Gasteiger partial charge in [0.25, 0.3) is 0 Å². The molecule has 0 aliphatic carbocycles. The highest BCUT2D eigenvalue weighted by atomic mass is 16.5. The van der Waals surface area contributed by atoms with E-state index in [1.54, 1.807) is 11.8 Å². The minimum Gasteiger partial charge on any atom is -0.337 e. The summed E-state index contributed by atoms with van der Waals surface area (Å²) in [5, 5.41) is 6.72. The van der Waals surface area contributed by atoms with E-state index in [0.29, 0.717) is 18.3 Å². The molecule has 1 aliphatic rings. The zero-order valence-corrected chi connectivity index (χ0v) is 9.56. The third kappa shape index (κ3) is 2.21. The van der Waals surface area contributed by atoms with Crippen LogP contribution in [0.3, 0.4) is 0 Å². The Morgan fingerprint density at radius 2 is 2.44 bits per heavy atom. The molecule has 0 aromatic carbocycles. The summed E-state index contributed by atoms with van der Waals surface area (Å²) in [6.45, 7) is 2.94. The molecule has 16 heavy (non-hydrogen) atoms. The Hall–Kier alpha value is -1.43. The predicted octanol–water partition coefficient (Wildman–Crippen LogP) is 0.0884. The molecule has 0 spiro atoms. The van der Waals surface area contributed by atoms with Crippen molar-refractivity contribution < 1.29 is 9.32 Å². The number of likely N-dealkylation sites (tertiary alicyclic amines) is 1. The van der Waals surface area contributed by atoms with Crippen LogP contribution in [-0.2, 0) is 11.3 Å². The topological polar surface area (TPSA) is 71.3 Å². The fourth-order valence-electron chi connectivity index (χ4n) is 1.93. The molecule has 1 N–H and O–H groups in total. The lowest BCUT2D eigenvalue weighted by Crippen LogP contribution is -2.49. The SMILES string of the molecule is CNC1CCCN(Cc2nc(C)no2)C1=O. The number of rotatable bonds is 3. The summed E-state index contributed by atoms with van der Waals surface area (Å²) in [7, 11) is 1.81. The van der Waals surface area contributed by atoms with E-state index < -0.39 is 0 Å². The Kier molecular flexibility index (Phi) is 3.19. The zero-order valence-electron chi connectivity index (χ0n) is 9.56. The van der Waals surface area contributed by atoms with Crippen molar-refractivity contribution in [2.75, 3.05) is 13.6 Å². The van der Waals surface area contributed by atoms with E-state index in [1.807, 2.05) is 7.05 Å². The summed E-state index contributed by atoms with van der Waals surface area (Å²) in [5.74, 6) is 1.22. The first-order valence-electron chi connectivity index (χ1n) is 5.46. The first-order chi connectivity index (χ1) is 7.70. The molecule has 1 fully saturated rings. The van der Waals surface area contributed by atoms with Gasteiger partial charge in [-0.1, -0.05) is 5.16 Å². The second-order valence-electron chi connectivity index (χ2n) is 3.98. The summed E-state index contributed by atoms with van der Waals surface area (Å²) in [6.07, 6.45) is 1.90. The molecule has 88 valence electrons. The number of hydrogen-bond donors (Lipinski definition) is 1. The van der Waals surface area contributed by atoms with Crippen molar-refractivity contribution in [2.24, 2.45) is 0 Å².